The van der Waals surface area contributed by atoms with Crippen LogP contribution in [0.5, 0.6) is 0 Å². The van der Waals surface area contributed by atoms with Crippen molar-refractivity contribution in [1.29, 1.82) is 0 Å². The lowest BCUT2D eigenvalue weighted by molar-refractivity contribution is 0.239. The zero-order valence-electron chi connectivity index (χ0n) is 7.22. The van der Waals surface area contributed by atoms with Crippen molar-refractivity contribution in [2.45, 2.75) is 6.04 Å². The highest BCUT2D eigenvalue weighted by Crippen LogP contribution is 2.20. The molecule has 1 saturated heterocycles. The van der Waals surface area contributed by atoms with Crippen molar-refractivity contribution in [2.75, 3.05) is 29.0 Å². The first-order chi connectivity index (χ1) is 6.33. The standard InChI is InChI=1S/C7H13ClN2OS2/c8-1-2-9-7(11)10-6-3-12-5-13-4-6/h6H,1-5H2,(H2,9,10,11). The maximum Gasteiger partial charge on any atom is 0.315 e. The van der Waals surface area contributed by atoms with Crippen molar-refractivity contribution < 1.29 is 4.79 Å². The lowest BCUT2D eigenvalue weighted by Gasteiger charge is -2.22. The number of hydrogen-bond donors (Lipinski definition) is 2. The monoisotopic (exact) mass is 240 g/mol. The van der Waals surface area contributed by atoms with E-state index >= 15 is 0 Å². The molecule has 0 saturated carbocycles. The molecule has 1 heterocycles. The molecule has 1 aliphatic rings. The third kappa shape index (κ3) is 4.88. The third-order valence-electron chi connectivity index (χ3n) is 1.52. The van der Waals surface area contributed by atoms with Gasteiger partial charge in [0.2, 0.25) is 0 Å². The molecule has 0 aromatic carbocycles. The summed E-state index contributed by atoms with van der Waals surface area (Å²) in [6, 6.07) is 0.202. The number of nitrogens with one attached hydrogen (secondary N) is 2. The summed E-state index contributed by atoms with van der Waals surface area (Å²) < 4.78 is 0. The van der Waals surface area contributed by atoms with Crippen LogP contribution in [0.1, 0.15) is 0 Å². The first-order valence-corrected chi connectivity index (χ1v) is 6.93. The molecule has 3 nitrogen and oxygen atoms in total. The lowest BCUT2D eigenvalue weighted by atomic mass is 10.4. The average molecular weight is 241 g/mol. The van der Waals surface area contributed by atoms with E-state index in [-0.39, 0.29) is 6.03 Å². The largest absolute Gasteiger partial charge is 0.337 e. The normalized spacial score (nSPS) is 18.2. The predicted octanol–water partition coefficient (Wildman–Crippen LogP) is 1.33. The van der Waals surface area contributed by atoms with Crippen molar-refractivity contribution in [3.63, 3.8) is 0 Å². The molecule has 1 rings (SSSR count). The van der Waals surface area contributed by atoms with Gasteiger partial charge >= 0.3 is 6.03 Å². The number of thioether (sulfide) groups is 2. The minimum absolute atomic E-state index is 0.103. The molecule has 2 N–H and O–H groups in total. The minimum Gasteiger partial charge on any atom is -0.337 e. The number of urea groups is 1. The molecule has 0 aromatic rings. The third-order valence-corrected chi connectivity index (χ3v) is 4.32. The Hall–Kier alpha value is 0.260. The summed E-state index contributed by atoms with van der Waals surface area (Å²) in [7, 11) is 0. The number of halogens is 1. The second kappa shape index (κ2) is 6.68. The number of hydrogen-bond acceptors (Lipinski definition) is 3. The van der Waals surface area contributed by atoms with Gasteiger partial charge in [-0.1, -0.05) is 0 Å². The average Bonchev–Trinajstić information content (AvgIpc) is 2.16. The van der Waals surface area contributed by atoms with E-state index in [1.54, 1.807) is 0 Å². The molecule has 2 amide bonds. The number of rotatable bonds is 3. The molecule has 76 valence electrons. The van der Waals surface area contributed by atoms with Gasteiger partial charge in [0, 0.05) is 35.1 Å². The van der Waals surface area contributed by atoms with Gasteiger partial charge in [-0.3, -0.25) is 0 Å². The van der Waals surface area contributed by atoms with Gasteiger partial charge in [-0.25, -0.2) is 4.79 Å². The summed E-state index contributed by atoms with van der Waals surface area (Å²) in [5, 5.41) is 6.72. The van der Waals surface area contributed by atoms with E-state index in [9.17, 15) is 4.79 Å². The van der Waals surface area contributed by atoms with Gasteiger partial charge in [-0.05, 0) is 0 Å². The Morgan fingerprint density at radius 1 is 1.46 bits per heavy atom. The van der Waals surface area contributed by atoms with Crippen LogP contribution in [0.25, 0.3) is 0 Å². The Morgan fingerprint density at radius 3 is 2.77 bits per heavy atom. The van der Waals surface area contributed by atoms with Crippen LogP contribution in [0.2, 0.25) is 0 Å². The lowest BCUT2D eigenvalue weighted by Crippen LogP contribution is -2.45. The van der Waals surface area contributed by atoms with Crippen LogP contribution in [0.4, 0.5) is 4.79 Å². The molecule has 0 atom stereocenters. The second-order valence-corrected chi connectivity index (χ2v) is 5.45. The molecule has 0 radical (unpaired) electrons. The molecule has 0 unspecified atom stereocenters. The van der Waals surface area contributed by atoms with Gasteiger partial charge in [-0.15, -0.1) is 35.1 Å². The van der Waals surface area contributed by atoms with Crippen molar-refractivity contribution in [3.05, 3.63) is 0 Å². The van der Waals surface area contributed by atoms with E-state index in [1.165, 1.54) is 0 Å². The van der Waals surface area contributed by atoms with Crippen LogP contribution in [0.3, 0.4) is 0 Å². The van der Waals surface area contributed by atoms with E-state index in [4.69, 9.17) is 11.6 Å². The maximum atomic E-state index is 11.2. The quantitative estimate of drug-likeness (QED) is 0.732. The maximum absolute atomic E-state index is 11.2. The van der Waals surface area contributed by atoms with Crippen molar-refractivity contribution in [2.24, 2.45) is 0 Å². The van der Waals surface area contributed by atoms with Crippen LogP contribution < -0.4 is 10.6 Å². The Balaban J connectivity index is 2.11. The minimum atomic E-state index is -0.103. The molecule has 1 aliphatic heterocycles. The summed E-state index contributed by atoms with van der Waals surface area (Å²) >= 11 is 9.16. The van der Waals surface area contributed by atoms with Crippen LogP contribution in [-0.2, 0) is 0 Å². The summed E-state index contributed by atoms with van der Waals surface area (Å²) in [5.41, 5.74) is 0. The molecule has 0 aromatic heterocycles. The van der Waals surface area contributed by atoms with Crippen LogP contribution in [0, 0.1) is 0 Å². The van der Waals surface area contributed by atoms with Crippen molar-refractivity contribution in [3.8, 4) is 0 Å². The van der Waals surface area contributed by atoms with Crippen molar-refractivity contribution in [1.82, 2.24) is 10.6 Å². The van der Waals surface area contributed by atoms with Gasteiger partial charge in [0.05, 0.1) is 0 Å². The molecule has 6 heteroatoms. The van der Waals surface area contributed by atoms with Crippen LogP contribution in [-0.4, -0.2) is 41.1 Å². The fourth-order valence-corrected chi connectivity index (χ4v) is 3.42. The Labute approximate surface area is 91.7 Å². The fraction of sp³-hybridized carbons (Fsp3) is 0.857. The summed E-state index contributed by atoms with van der Waals surface area (Å²) in [5.74, 6) is 2.49. The van der Waals surface area contributed by atoms with Crippen LogP contribution >= 0.6 is 35.1 Å². The number of carbonyl (C=O) groups excluding carboxylic acids is 1. The highest BCUT2D eigenvalue weighted by Gasteiger charge is 2.15. The van der Waals surface area contributed by atoms with Crippen molar-refractivity contribution >= 4 is 41.2 Å². The zero-order chi connectivity index (χ0) is 9.52. The van der Waals surface area contributed by atoms with Gasteiger partial charge in [0.25, 0.3) is 0 Å². The summed E-state index contributed by atoms with van der Waals surface area (Å²) in [6.45, 7) is 0.528. The molecule has 1 fully saturated rings. The van der Waals surface area contributed by atoms with E-state index in [0.717, 1.165) is 16.6 Å². The number of amides is 2. The second-order valence-electron chi connectivity index (χ2n) is 2.65. The highest BCUT2D eigenvalue weighted by atomic mass is 35.5. The number of carbonyl (C=O) groups is 1. The van der Waals surface area contributed by atoms with Crippen LogP contribution in [0.15, 0.2) is 0 Å². The molecule has 0 spiro atoms. The molecule has 0 aliphatic carbocycles. The van der Waals surface area contributed by atoms with Gasteiger partial charge in [0.1, 0.15) is 0 Å². The zero-order valence-corrected chi connectivity index (χ0v) is 9.60. The highest BCUT2D eigenvalue weighted by molar-refractivity contribution is 8.16. The summed E-state index contributed by atoms with van der Waals surface area (Å²) in [6.07, 6.45) is 0. The molecule has 13 heavy (non-hydrogen) atoms. The first kappa shape index (κ1) is 11.3. The van der Waals surface area contributed by atoms with Gasteiger partial charge < -0.3 is 10.6 Å². The first-order valence-electron chi connectivity index (χ1n) is 4.08. The fourth-order valence-electron chi connectivity index (χ4n) is 0.968. The topological polar surface area (TPSA) is 41.1 Å². The molecule has 0 bridgehead atoms. The van der Waals surface area contributed by atoms with Gasteiger partial charge in [0.15, 0.2) is 0 Å². The Bertz CT molecular complexity index is 165. The predicted molar refractivity (Wildman–Crippen MR) is 60.8 cm³/mol. The number of alkyl halides is 1. The Kier molecular flexibility index (Phi) is 5.82. The van der Waals surface area contributed by atoms with Gasteiger partial charge in [-0.2, -0.15) is 0 Å². The van der Waals surface area contributed by atoms with E-state index < -0.39 is 0 Å². The van der Waals surface area contributed by atoms with E-state index in [1.807, 2.05) is 23.5 Å². The molecular formula is C7H13ClN2OS2. The summed E-state index contributed by atoms with van der Waals surface area (Å²) in [4.78, 5) is 11.2. The van der Waals surface area contributed by atoms with E-state index in [0.29, 0.717) is 18.5 Å². The SMILES string of the molecule is O=C(NCCCl)NC1CSCSC1. The smallest absolute Gasteiger partial charge is 0.315 e. The molecular weight excluding hydrogens is 228 g/mol. The van der Waals surface area contributed by atoms with E-state index in [2.05, 4.69) is 10.6 Å². The Morgan fingerprint density at radius 2 is 2.15 bits per heavy atom.